The van der Waals surface area contributed by atoms with E-state index in [1.54, 1.807) is 6.92 Å². The van der Waals surface area contributed by atoms with E-state index in [4.69, 9.17) is 4.74 Å². The van der Waals surface area contributed by atoms with Gasteiger partial charge in [-0.2, -0.15) is 4.31 Å². The molecule has 5 aliphatic rings. The van der Waals surface area contributed by atoms with Crippen molar-refractivity contribution >= 4 is 27.9 Å². The van der Waals surface area contributed by atoms with Gasteiger partial charge in [-0.1, -0.05) is 6.92 Å². The minimum atomic E-state index is -3.52. The molecule has 0 aromatic heterocycles. The van der Waals surface area contributed by atoms with Gasteiger partial charge in [0.25, 0.3) is 5.91 Å². The number of hydrogen-bond acceptors (Lipinski definition) is 6. The molecule has 5 fully saturated rings. The molecule has 4 saturated carbocycles. The van der Waals surface area contributed by atoms with Gasteiger partial charge in [-0.25, -0.2) is 13.2 Å². The summed E-state index contributed by atoms with van der Waals surface area (Å²) in [6.07, 6.45) is 8.08. The van der Waals surface area contributed by atoms with E-state index in [-0.39, 0.29) is 17.8 Å². The molecule has 0 radical (unpaired) electrons. The molecule has 10 heteroatoms. The summed E-state index contributed by atoms with van der Waals surface area (Å²) in [4.78, 5) is 37.0. The average molecular weight is 456 g/mol. The largest absolute Gasteiger partial charge is 0.454 e. The van der Waals surface area contributed by atoms with E-state index in [2.05, 4.69) is 10.6 Å². The summed E-state index contributed by atoms with van der Waals surface area (Å²) in [7, 11) is -3.52. The van der Waals surface area contributed by atoms with E-state index < -0.39 is 40.6 Å². The first-order valence-electron chi connectivity index (χ1n) is 11.5. The Bertz CT molecular complexity index is 807. The summed E-state index contributed by atoms with van der Waals surface area (Å²) in [5.41, 5.74) is -0.215. The Hall–Kier alpha value is -1.68. The van der Waals surface area contributed by atoms with E-state index in [1.807, 2.05) is 0 Å². The molecule has 3 amide bonds. The van der Waals surface area contributed by atoms with Gasteiger partial charge in [-0.05, 0) is 75.5 Å². The van der Waals surface area contributed by atoms with Crippen molar-refractivity contribution in [3.05, 3.63) is 0 Å². The molecule has 1 atom stereocenters. The summed E-state index contributed by atoms with van der Waals surface area (Å²) in [6, 6.07) is -1.44. The SMILES string of the molecule is CCCS(=O)(=O)N1CCCC1C(=O)OCC(=O)NC(=O)NC12CC3CC(CC(C3)C1)C2. The van der Waals surface area contributed by atoms with Crippen LogP contribution in [0, 0.1) is 17.8 Å². The zero-order chi connectivity index (χ0) is 22.2. The molecule has 5 rings (SSSR count). The van der Waals surface area contributed by atoms with E-state index in [0.29, 0.717) is 37.0 Å². The van der Waals surface area contributed by atoms with Crippen LogP contribution in [0.3, 0.4) is 0 Å². The van der Waals surface area contributed by atoms with Crippen LogP contribution in [-0.2, 0) is 24.3 Å². The number of nitrogens with zero attached hydrogens (tertiary/aromatic N) is 1. The lowest BCUT2D eigenvalue weighted by Crippen LogP contribution is -2.62. The molecule has 1 aliphatic heterocycles. The fourth-order valence-corrected chi connectivity index (χ4v) is 8.35. The second-order valence-electron chi connectivity index (χ2n) is 9.89. The van der Waals surface area contributed by atoms with Crippen LogP contribution >= 0.6 is 0 Å². The van der Waals surface area contributed by atoms with Gasteiger partial charge in [0.1, 0.15) is 6.04 Å². The van der Waals surface area contributed by atoms with Crippen LogP contribution in [0.5, 0.6) is 0 Å². The van der Waals surface area contributed by atoms with Crippen LogP contribution in [0.4, 0.5) is 4.79 Å². The van der Waals surface area contributed by atoms with Gasteiger partial charge in [0.2, 0.25) is 10.0 Å². The number of rotatable bonds is 7. The fraction of sp³-hybridized carbons (Fsp3) is 0.857. The van der Waals surface area contributed by atoms with E-state index >= 15 is 0 Å². The molecule has 4 aliphatic carbocycles. The second-order valence-corrected chi connectivity index (χ2v) is 11.9. The maximum absolute atomic E-state index is 12.4. The van der Waals surface area contributed by atoms with Crippen molar-refractivity contribution in [2.45, 2.75) is 76.3 Å². The number of esters is 1. The van der Waals surface area contributed by atoms with Crippen molar-refractivity contribution in [3.8, 4) is 0 Å². The summed E-state index contributed by atoms with van der Waals surface area (Å²) >= 11 is 0. The lowest BCUT2D eigenvalue weighted by atomic mass is 9.53. The van der Waals surface area contributed by atoms with Crippen molar-refractivity contribution in [2.75, 3.05) is 18.9 Å². The number of sulfonamides is 1. The Morgan fingerprint density at radius 1 is 1.06 bits per heavy atom. The zero-order valence-electron chi connectivity index (χ0n) is 18.1. The topological polar surface area (TPSA) is 122 Å². The first kappa shape index (κ1) is 22.5. The summed E-state index contributed by atoms with van der Waals surface area (Å²) < 4.78 is 30.9. The number of carbonyl (C=O) groups is 3. The molecular formula is C21H33N3O6S. The van der Waals surface area contributed by atoms with Gasteiger partial charge in [0, 0.05) is 12.1 Å². The smallest absolute Gasteiger partial charge is 0.324 e. The Morgan fingerprint density at radius 3 is 2.26 bits per heavy atom. The first-order chi connectivity index (χ1) is 14.7. The zero-order valence-corrected chi connectivity index (χ0v) is 18.9. The van der Waals surface area contributed by atoms with Crippen LogP contribution in [0.1, 0.15) is 64.7 Å². The number of nitrogens with one attached hydrogen (secondary N) is 2. The molecule has 0 aromatic carbocycles. The monoisotopic (exact) mass is 455 g/mol. The van der Waals surface area contributed by atoms with Gasteiger partial charge in [-0.15, -0.1) is 0 Å². The first-order valence-corrected chi connectivity index (χ1v) is 13.1. The fourth-order valence-electron chi connectivity index (χ4n) is 6.62. The van der Waals surface area contributed by atoms with Gasteiger partial charge in [-0.3, -0.25) is 14.9 Å². The molecule has 2 N–H and O–H groups in total. The highest BCUT2D eigenvalue weighted by Gasteiger charge is 2.51. The third kappa shape index (κ3) is 4.89. The normalized spacial score (nSPS) is 34.5. The Kier molecular flexibility index (Phi) is 6.31. The van der Waals surface area contributed by atoms with Crippen molar-refractivity contribution in [2.24, 2.45) is 17.8 Å². The molecule has 0 aromatic rings. The van der Waals surface area contributed by atoms with E-state index in [0.717, 1.165) is 19.3 Å². The lowest BCUT2D eigenvalue weighted by Gasteiger charge is -2.56. The molecule has 1 saturated heterocycles. The van der Waals surface area contributed by atoms with Gasteiger partial charge in [0.15, 0.2) is 6.61 Å². The minimum absolute atomic E-state index is 0.0260. The molecule has 174 valence electrons. The molecular weight excluding hydrogens is 422 g/mol. The van der Waals surface area contributed by atoms with Crippen LogP contribution in [-0.4, -0.2) is 61.1 Å². The lowest BCUT2D eigenvalue weighted by molar-refractivity contribution is -0.151. The summed E-state index contributed by atoms with van der Waals surface area (Å²) in [5, 5.41) is 5.30. The molecule has 0 spiro atoms. The van der Waals surface area contributed by atoms with Gasteiger partial charge < -0.3 is 10.1 Å². The van der Waals surface area contributed by atoms with Crippen molar-refractivity contribution < 1.29 is 27.5 Å². The highest BCUT2D eigenvalue weighted by molar-refractivity contribution is 7.89. The number of ether oxygens (including phenoxy) is 1. The van der Waals surface area contributed by atoms with Crippen molar-refractivity contribution in [3.63, 3.8) is 0 Å². The third-order valence-corrected chi connectivity index (χ3v) is 9.39. The Morgan fingerprint density at radius 2 is 1.68 bits per heavy atom. The number of hydrogen-bond donors (Lipinski definition) is 2. The highest BCUT2D eigenvalue weighted by Crippen LogP contribution is 2.55. The minimum Gasteiger partial charge on any atom is -0.454 e. The van der Waals surface area contributed by atoms with Crippen molar-refractivity contribution in [1.29, 1.82) is 0 Å². The molecule has 4 bridgehead atoms. The van der Waals surface area contributed by atoms with Gasteiger partial charge >= 0.3 is 12.0 Å². The predicted octanol–water partition coefficient (Wildman–Crippen LogP) is 1.53. The van der Waals surface area contributed by atoms with Crippen LogP contribution < -0.4 is 10.6 Å². The number of imide groups is 1. The highest BCUT2D eigenvalue weighted by atomic mass is 32.2. The molecule has 9 nitrogen and oxygen atoms in total. The van der Waals surface area contributed by atoms with E-state index in [9.17, 15) is 22.8 Å². The van der Waals surface area contributed by atoms with E-state index in [1.165, 1.54) is 23.6 Å². The predicted molar refractivity (Wildman–Crippen MR) is 112 cm³/mol. The Balaban J connectivity index is 1.25. The maximum atomic E-state index is 12.4. The second kappa shape index (κ2) is 8.69. The number of amides is 3. The standard InChI is InChI=1S/C21H33N3O6S/c1-2-6-31(28,29)24-5-3-4-17(24)19(26)30-13-18(25)22-20(27)23-21-10-14-7-15(11-21)9-16(8-14)12-21/h14-17H,2-13H2,1H3,(H2,22,23,25,27). The quantitative estimate of drug-likeness (QED) is 0.562. The Labute approximate surface area is 183 Å². The number of carbonyl (C=O) groups excluding carboxylic acids is 3. The average Bonchev–Trinajstić information content (AvgIpc) is 3.15. The van der Waals surface area contributed by atoms with Crippen LogP contribution in [0.25, 0.3) is 0 Å². The number of urea groups is 1. The summed E-state index contributed by atoms with van der Waals surface area (Å²) in [6.45, 7) is 1.44. The third-order valence-electron chi connectivity index (χ3n) is 7.31. The summed E-state index contributed by atoms with van der Waals surface area (Å²) in [5.74, 6) is 0.525. The van der Waals surface area contributed by atoms with Crippen LogP contribution in [0.2, 0.25) is 0 Å². The van der Waals surface area contributed by atoms with Gasteiger partial charge in [0.05, 0.1) is 5.75 Å². The molecule has 1 unspecified atom stereocenters. The molecule has 1 heterocycles. The molecule has 31 heavy (non-hydrogen) atoms. The maximum Gasteiger partial charge on any atom is 0.324 e. The van der Waals surface area contributed by atoms with Crippen LogP contribution in [0.15, 0.2) is 0 Å². The van der Waals surface area contributed by atoms with Crippen molar-refractivity contribution in [1.82, 2.24) is 14.9 Å².